The molecular weight excluding hydrogens is 639 g/mol. The Bertz CT molecular complexity index is 1090. The van der Waals surface area contributed by atoms with Gasteiger partial charge in [0, 0.05) is 49.9 Å². The Hall–Kier alpha value is -1.73. The molecule has 0 aliphatic rings. The minimum absolute atomic E-state index is 0.0228. The van der Waals surface area contributed by atoms with Gasteiger partial charge in [0.25, 0.3) is 5.08 Å². The number of aliphatic hydroxyl groups is 1. The van der Waals surface area contributed by atoms with Gasteiger partial charge in [0.1, 0.15) is 6.04 Å². The molecule has 0 bridgehead atoms. The Morgan fingerprint density at radius 2 is 1.45 bits per heavy atom. The Kier molecular flexibility index (Phi) is 16.6. The molecule has 8 N–H and O–H groups in total. The number of hydrogen-bond donors (Lipinski definition) is 8. The van der Waals surface area contributed by atoms with E-state index in [1.54, 1.807) is 0 Å². The average Bonchev–Trinajstić information content (AvgIpc) is 2.89. The van der Waals surface area contributed by atoms with Gasteiger partial charge in [0.15, 0.2) is 0 Å². The second-order valence-electron chi connectivity index (χ2n) is 9.55. The van der Waals surface area contributed by atoms with Crippen molar-refractivity contribution in [3.8, 4) is 0 Å². The maximum absolute atomic E-state index is 12.3. The summed E-state index contributed by atoms with van der Waals surface area (Å²) in [7, 11) is -11.1. The van der Waals surface area contributed by atoms with Crippen molar-refractivity contribution in [1.82, 2.24) is 10.6 Å². The fraction of sp³-hybridized carbons (Fsp3) is 0.625. The number of carbonyl (C=O) groups is 3. The number of aliphatic carboxylic acids is 1. The van der Waals surface area contributed by atoms with Crippen molar-refractivity contribution in [2.24, 2.45) is 0 Å². The summed E-state index contributed by atoms with van der Waals surface area (Å²) < 4.78 is 22.7. The zero-order chi connectivity index (χ0) is 32.0. The second kappa shape index (κ2) is 18.2. The number of nitrogens with zero attached hydrogens (tertiary/aromatic N) is 1. The lowest BCUT2D eigenvalue weighted by atomic mass is 10.1. The van der Waals surface area contributed by atoms with E-state index in [-0.39, 0.29) is 38.6 Å². The van der Waals surface area contributed by atoms with E-state index in [1.807, 2.05) is 24.3 Å². The van der Waals surface area contributed by atoms with Crippen molar-refractivity contribution < 1.29 is 53.3 Å². The van der Waals surface area contributed by atoms with Gasteiger partial charge >= 0.3 is 21.2 Å². The summed E-state index contributed by atoms with van der Waals surface area (Å²) in [5.74, 6) is -1.41. The van der Waals surface area contributed by atoms with Gasteiger partial charge in [-0.2, -0.15) is 0 Å². The van der Waals surface area contributed by atoms with Crippen LogP contribution in [0, 0.1) is 0 Å². The number of carbonyl (C=O) groups excluding carboxylic acids is 2. The van der Waals surface area contributed by atoms with E-state index in [9.17, 15) is 33.7 Å². The molecule has 2 amide bonds. The summed E-state index contributed by atoms with van der Waals surface area (Å²) in [6, 6.07) is 6.49. The quantitative estimate of drug-likeness (QED) is 0.0530. The summed E-state index contributed by atoms with van der Waals surface area (Å²) in [6.45, 7) is 1.27. The lowest BCUT2D eigenvalue weighted by Gasteiger charge is -2.29. The monoisotopic (exact) mass is 677 g/mol. The van der Waals surface area contributed by atoms with Gasteiger partial charge < -0.3 is 45.3 Å². The molecule has 0 saturated heterocycles. The number of hydrogen-bond acceptors (Lipinski definition) is 7. The molecule has 0 aliphatic heterocycles. The van der Waals surface area contributed by atoms with Crippen molar-refractivity contribution in [2.45, 2.75) is 62.5 Å². The maximum Gasteiger partial charge on any atom is 0.369 e. The molecule has 18 heteroatoms. The molecule has 1 aromatic carbocycles. The van der Waals surface area contributed by atoms with Crippen LogP contribution in [0.25, 0.3) is 0 Å². The Morgan fingerprint density at radius 1 is 0.881 bits per heavy atom. The molecule has 0 spiro atoms. The van der Waals surface area contributed by atoms with E-state index in [4.69, 9.17) is 42.8 Å². The van der Waals surface area contributed by atoms with E-state index in [0.29, 0.717) is 37.7 Å². The van der Waals surface area contributed by atoms with Crippen LogP contribution >= 0.6 is 38.4 Å². The van der Waals surface area contributed by atoms with Crippen molar-refractivity contribution in [1.29, 1.82) is 0 Å². The lowest BCUT2D eigenvalue weighted by molar-refractivity contribution is -0.142. The molecule has 0 unspecified atom stereocenters. The predicted molar refractivity (Wildman–Crippen MR) is 158 cm³/mol. The van der Waals surface area contributed by atoms with Crippen molar-refractivity contribution >= 4 is 61.9 Å². The zero-order valence-corrected chi connectivity index (χ0v) is 26.2. The van der Waals surface area contributed by atoms with Gasteiger partial charge in [0.2, 0.25) is 11.8 Å². The molecule has 0 fully saturated rings. The van der Waals surface area contributed by atoms with Crippen molar-refractivity contribution in [3.05, 3.63) is 29.8 Å². The van der Waals surface area contributed by atoms with Crippen LogP contribution in [0.4, 0.5) is 5.69 Å². The number of halogens is 2. The number of benzene rings is 1. The summed E-state index contributed by atoms with van der Waals surface area (Å²) in [6.07, 6.45) is -0.395. The van der Waals surface area contributed by atoms with Crippen LogP contribution in [0.1, 0.15) is 50.5 Å². The van der Waals surface area contributed by atoms with Crippen molar-refractivity contribution in [3.63, 3.8) is 0 Å². The van der Waals surface area contributed by atoms with Crippen LogP contribution in [-0.4, -0.2) is 90.1 Å². The van der Waals surface area contributed by atoms with Crippen LogP contribution in [0.5, 0.6) is 0 Å². The number of nitrogens with one attached hydrogen (secondary N) is 2. The molecular formula is C24H39Cl2N3O11P2. The number of unbranched alkanes of at least 4 members (excludes halogenated alkanes) is 1. The van der Waals surface area contributed by atoms with Gasteiger partial charge in [-0.05, 0) is 56.2 Å². The summed E-state index contributed by atoms with van der Waals surface area (Å²) in [4.78, 5) is 74.5. The first-order valence-corrected chi connectivity index (χ1v) is 17.4. The normalized spacial score (nSPS) is 12.9. The number of carboxylic acids is 1. The van der Waals surface area contributed by atoms with Crippen LogP contribution in [0.2, 0.25) is 0 Å². The van der Waals surface area contributed by atoms with Crippen LogP contribution in [-0.2, 0) is 29.9 Å². The highest BCUT2D eigenvalue weighted by atomic mass is 35.5. The van der Waals surface area contributed by atoms with Crippen LogP contribution < -0.4 is 15.5 Å². The number of aryl methyl sites for hydroxylation is 1. The highest BCUT2D eigenvalue weighted by Gasteiger charge is 2.58. The van der Waals surface area contributed by atoms with Crippen molar-refractivity contribution in [2.75, 3.05) is 36.3 Å². The minimum atomic E-state index is -5.55. The van der Waals surface area contributed by atoms with E-state index in [2.05, 4.69) is 15.5 Å². The van der Waals surface area contributed by atoms with Crippen LogP contribution in [0.15, 0.2) is 24.3 Å². The third kappa shape index (κ3) is 12.9. The topological polar surface area (TPSA) is 234 Å². The third-order valence-electron chi connectivity index (χ3n) is 6.37. The van der Waals surface area contributed by atoms with Gasteiger partial charge in [-0.15, -0.1) is 23.2 Å². The molecule has 1 rings (SSSR count). The smallest absolute Gasteiger partial charge is 0.369 e. The third-order valence-corrected chi connectivity index (χ3v) is 10.6. The van der Waals surface area contributed by atoms with Gasteiger partial charge in [-0.3, -0.25) is 18.7 Å². The van der Waals surface area contributed by atoms with Gasteiger partial charge in [-0.25, -0.2) is 4.79 Å². The summed E-state index contributed by atoms with van der Waals surface area (Å²) in [5.41, 5.74) is 1.99. The minimum Gasteiger partial charge on any atom is -0.480 e. The number of carboxylic acid groups (broad SMARTS) is 1. The molecule has 240 valence electrons. The second-order valence-corrected chi connectivity index (χ2v) is 14.3. The Labute approximate surface area is 254 Å². The molecule has 0 aliphatic carbocycles. The maximum atomic E-state index is 12.3. The molecule has 1 atom stereocenters. The molecule has 0 radical (unpaired) electrons. The number of anilines is 1. The first-order valence-electron chi connectivity index (χ1n) is 13.1. The summed E-state index contributed by atoms with van der Waals surface area (Å²) in [5, 5.41) is 20.6. The van der Waals surface area contributed by atoms with Gasteiger partial charge in [0.05, 0.1) is 0 Å². The molecule has 1 aromatic rings. The number of rotatable bonds is 21. The van der Waals surface area contributed by atoms with Crippen LogP contribution in [0.3, 0.4) is 0 Å². The fourth-order valence-corrected chi connectivity index (χ4v) is 6.63. The fourth-order valence-electron chi connectivity index (χ4n) is 3.96. The Morgan fingerprint density at radius 3 is 1.95 bits per heavy atom. The van der Waals surface area contributed by atoms with E-state index >= 15 is 0 Å². The van der Waals surface area contributed by atoms with E-state index in [0.717, 1.165) is 11.3 Å². The first-order chi connectivity index (χ1) is 19.6. The van der Waals surface area contributed by atoms with E-state index < -0.39 is 50.5 Å². The largest absolute Gasteiger partial charge is 0.480 e. The average molecular weight is 678 g/mol. The number of alkyl halides is 2. The van der Waals surface area contributed by atoms with E-state index in [1.165, 1.54) is 0 Å². The molecule has 0 heterocycles. The van der Waals surface area contributed by atoms with Gasteiger partial charge in [-0.1, -0.05) is 12.1 Å². The Balaban J connectivity index is 2.42. The molecule has 42 heavy (non-hydrogen) atoms. The molecule has 0 aromatic heterocycles. The molecule has 14 nitrogen and oxygen atoms in total. The first kappa shape index (κ1) is 38.3. The molecule has 0 saturated carbocycles. The SMILES string of the molecule is O=C(CC[C@H](NC(=O)CCCc1ccc(N(CCCl)CCCl)cc1)C(=O)O)NCCCCC(O)(P(=O)(O)O)P(=O)(O)O. The highest BCUT2D eigenvalue weighted by Crippen LogP contribution is 2.69. The number of amides is 2. The predicted octanol–water partition coefficient (Wildman–Crippen LogP) is 1.93. The zero-order valence-electron chi connectivity index (χ0n) is 22.9. The summed E-state index contributed by atoms with van der Waals surface area (Å²) >= 11 is 11.7. The lowest BCUT2D eigenvalue weighted by Crippen LogP contribution is -2.41. The highest BCUT2D eigenvalue weighted by molar-refractivity contribution is 7.72. The standard InChI is InChI=1S/C24H39Cl2N3O11P2/c25-13-16-29(17-14-26)19-8-6-18(7-9-19)4-3-5-22(31)28-20(23(32)33)10-11-21(30)27-15-2-1-12-24(34,41(35,36)37)42(38,39)40/h6-9,20,34H,1-5,10-17H2,(H,27,30)(H,28,31)(H,32,33)(H2,35,36,37)(H2,38,39,40)/t20-/m0/s1.